The van der Waals surface area contributed by atoms with Gasteiger partial charge in [-0.3, -0.25) is 4.79 Å². The van der Waals surface area contributed by atoms with E-state index in [9.17, 15) is 15.0 Å². The van der Waals surface area contributed by atoms with Gasteiger partial charge in [-0.2, -0.15) is 0 Å². The molecular formula is C13H11ClN2O3. The summed E-state index contributed by atoms with van der Waals surface area (Å²) in [4.78, 5) is 11.9. The van der Waals surface area contributed by atoms with Crippen LogP contribution in [0, 0.1) is 0 Å². The summed E-state index contributed by atoms with van der Waals surface area (Å²) in [6.07, 6.45) is 0. The molecule has 0 unspecified atom stereocenters. The number of anilines is 2. The Morgan fingerprint density at radius 2 is 1.84 bits per heavy atom. The summed E-state index contributed by atoms with van der Waals surface area (Å²) in [5.41, 5.74) is 6.63. The van der Waals surface area contributed by atoms with Crippen LogP contribution in [0.15, 0.2) is 36.4 Å². The maximum Gasteiger partial charge on any atom is 0.255 e. The Morgan fingerprint density at radius 1 is 1.11 bits per heavy atom. The van der Waals surface area contributed by atoms with Gasteiger partial charge in [0.05, 0.1) is 10.7 Å². The van der Waals surface area contributed by atoms with Gasteiger partial charge in [0.1, 0.15) is 0 Å². The van der Waals surface area contributed by atoms with Gasteiger partial charge >= 0.3 is 0 Å². The molecule has 2 aromatic rings. The van der Waals surface area contributed by atoms with E-state index in [0.29, 0.717) is 16.4 Å². The predicted octanol–water partition coefficient (Wildman–Crippen LogP) is 2.59. The highest BCUT2D eigenvalue weighted by Crippen LogP contribution is 2.27. The minimum atomic E-state index is -0.470. The fourth-order valence-corrected chi connectivity index (χ4v) is 1.66. The lowest BCUT2D eigenvalue weighted by atomic mass is 10.2. The smallest absolute Gasteiger partial charge is 0.255 e. The predicted molar refractivity (Wildman–Crippen MR) is 73.6 cm³/mol. The monoisotopic (exact) mass is 278 g/mol. The summed E-state index contributed by atoms with van der Waals surface area (Å²) in [6, 6.07) is 8.48. The Hall–Kier alpha value is -2.40. The maximum atomic E-state index is 11.9. The average molecular weight is 279 g/mol. The van der Waals surface area contributed by atoms with E-state index < -0.39 is 5.91 Å². The number of hydrogen-bond donors (Lipinski definition) is 4. The fourth-order valence-electron chi connectivity index (χ4n) is 1.50. The molecule has 0 aliphatic carbocycles. The third-order valence-electron chi connectivity index (χ3n) is 2.48. The summed E-state index contributed by atoms with van der Waals surface area (Å²) in [5.74, 6) is -1.13. The van der Waals surface area contributed by atoms with Crippen molar-refractivity contribution < 1.29 is 15.0 Å². The lowest BCUT2D eigenvalue weighted by molar-refractivity contribution is 0.102. The van der Waals surface area contributed by atoms with Gasteiger partial charge in [-0.1, -0.05) is 11.6 Å². The van der Waals surface area contributed by atoms with Gasteiger partial charge in [0.2, 0.25) is 0 Å². The van der Waals surface area contributed by atoms with Crippen LogP contribution < -0.4 is 11.1 Å². The van der Waals surface area contributed by atoms with E-state index in [1.54, 1.807) is 12.1 Å². The van der Waals surface area contributed by atoms with Gasteiger partial charge in [-0.05, 0) is 36.4 Å². The highest BCUT2D eigenvalue weighted by molar-refractivity contribution is 6.34. The van der Waals surface area contributed by atoms with Gasteiger partial charge < -0.3 is 21.3 Å². The molecule has 0 atom stereocenters. The summed E-state index contributed by atoms with van der Waals surface area (Å²) in [6.45, 7) is 0. The third kappa shape index (κ3) is 2.89. The zero-order valence-electron chi connectivity index (χ0n) is 9.72. The van der Waals surface area contributed by atoms with Crippen LogP contribution in [-0.4, -0.2) is 16.1 Å². The number of phenols is 2. The van der Waals surface area contributed by atoms with Gasteiger partial charge in [-0.15, -0.1) is 0 Å². The first kappa shape index (κ1) is 13.0. The number of rotatable bonds is 2. The average Bonchev–Trinajstić information content (AvgIpc) is 2.37. The van der Waals surface area contributed by atoms with Crippen LogP contribution in [0.3, 0.4) is 0 Å². The molecule has 0 aliphatic heterocycles. The molecule has 98 valence electrons. The summed E-state index contributed by atoms with van der Waals surface area (Å²) < 4.78 is 0. The van der Waals surface area contributed by atoms with Crippen LogP contribution in [0.5, 0.6) is 11.5 Å². The molecule has 19 heavy (non-hydrogen) atoms. The van der Waals surface area contributed by atoms with Crippen molar-refractivity contribution in [3.8, 4) is 11.5 Å². The van der Waals surface area contributed by atoms with Crippen LogP contribution in [0.2, 0.25) is 5.02 Å². The summed E-state index contributed by atoms with van der Waals surface area (Å²) >= 11 is 5.92. The van der Waals surface area contributed by atoms with Gasteiger partial charge in [0, 0.05) is 11.3 Å². The molecule has 0 aromatic heterocycles. The summed E-state index contributed by atoms with van der Waals surface area (Å²) in [5, 5.41) is 21.4. The standard InChI is InChI=1S/C13H11ClN2O3/c14-9-3-2-8(15)6-10(9)16-13(19)7-1-4-11(17)12(18)5-7/h1-6,17-18H,15H2,(H,16,19). The minimum Gasteiger partial charge on any atom is -0.504 e. The van der Waals surface area contributed by atoms with Crippen molar-refractivity contribution >= 4 is 28.9 Å². The molecule has 0 saturated carbocycles. The fraction of sp³-hybridized carbons (Fsp3) is 0. The van der Waals surface area contributed by atoms with Crippen molar-refractivity contribution in [2.24, 2.45) is 0 Å². The van der Waals surface area contributed by atoms with Crippen LogP contribution in [-0.2, 0) is 0 Å². The van der Waals surface area contributed by atoms with Gasteiger partial charge in [0.15, 0.2) is 11.5 Å². The molecule has 0 aliphatic rings. The molecular weight excluding hydrogens is 268 g/mol. The third-order valence-corrected chi connectivity index (χ3v) is 2.81. The molecule has 6 heteroatoms. The summed E-state index contributed by atoms with van der Waals surface area (Å²) in [7, 11) is 0. The lowest BCUT2D eigenvalue weighted by Gasteiger charge is -2.08. The number of halogens is 1. The zero-order valence-corrected chi connectivity index (χ0v) is 10.5. The molecule has 0 heterocycles. The van der Waals surface area contributed by atoms with E-state index >= 15 is 0 Å². The molecule has 0 spiro atoms. The molecule has 5 N–H and O–H groups in total. The Labute approximate surface area is 114 Å². The van der Waals surface area contributed by atoms with Crippen molar-refractivity contribution in [1.82, 2.24) is 0 Å². The van der Waals surface area contributed by atoms with Crippen molar-refractivity contribution in [3.63, 3.8) is 0 Å². The first-order valence-corrected chi connectivity index (χ1v) is 5.73. The highest BCUT2D eigenvalue weighted by atomic mass is 35.5. The van der Waals surface area contributed by atoms with E-state index in [1.807, 2.05) is 0 Å². The number of nitrogens with one attached hydrogen (secondary N) is 1. The second-order valence-corrected chi connectivity index (χ2v) is 4.30. The SMILES string of the molecule is Nc1ccc(Cl)c(NC(=O)c2ccc(O)c(O)c2)c1. The molecule has 1 amide bonds. The number of nitrogens with two attached hydrogens (primary N) is 1. The molecule has 5 nitrogen and oxygen atoms in total. The minimum absolute atomic E-state index is 0.189. The molecule has 2 rings (SSSR count). The van der Waals surface area contributed by atoms with E-state index in [-0.39, 0.29) is 17.1 Å². The number of amides is 1. The number of benzene rings is 2. The van der Waals surface area contributed by atoms with Crippen LogP contribution in [0.25, 0.3) is 0 Å². The number of hydrogen-bond acceptors (Lipinski definition) is 4. The van der Waals surface area contributed by atoms with E-state index in [4.69, 9.17) is 17.3 Å². The molecule has 0 radical (unpaired) electrons. The highest BCUT2D eigenvalue weighted by Gasteiger charge is 2.11. The number of carbonyl (C=O) groups is 1. The topological polar surface area (TPSA) is 95.6 Å². The molecule has 0 bridgehead atoms. The number of aromatic hydroxyl groups is 2. The maximum absolute atomic E-state index is 11.9. The second-order valence-electron chi connectivity index (χ2n) is 3.90. The van der Waals surface area contributed by atoms with E-state index in [0.717, 1.165) is 6.07 Å². The molecule has 2 aromatic carbocycles. The van der Waals surface area contributed by atoms with Crippen LogP contribution in [0.1, 0.15) is 10.4 Å². The van der Waals surface area contributed by atoms with Crippen molar-refractivity contribution in [3.05, 3.63) is 47.0 Å². The quantitative estimate of drug-likeness (QED) is 0.501. The Balaban J connectivity index is 2.25. The molecule has 0 fully saturated rings. The van der Waals surface area contributed by atoms with Crippen molar-refractivity contribution in [1.29, 1.82) is 0 Å². The van der Waals surface area contributed by atoms with Crippen molar-refractivity contribution in [2.45, 2.75) is 0 Å². The Kier molecular flexibility index (Phi) is 3.48. The zero-order chi connectivity index (χ0) is 14.0. The largest absolute Gasteiger partial charge is 0.504 e. The Morgan fingerprint density at radius 3 is 2.53 bits per heavy atom. The first-order valence-electron chi connectivity index (χ1n) is 5.36. The molecule has 0 saturated heterocycles. The van der Waals surface area contributed by atoms with Crippen LogP contribution >= 0.6 is 11.6 Å². The van der Waals surface area contributed by atoms with E-state index in [1.165, 1.54) is 18.2 Å². The van der Waals surface area contributed by atoms with E-state index in [2.05, 4.69) is 5.32 Å². The number of nitrogen functional groups attached to an aromatic ring is 1. The first-order chi connectivity index (χ1) is 8.97. The van der Waals surface area contributed by atoms with Gasteiger partial charge in [0.25, 0.3) is 5.91 Å². The lowest BCUT2D eigenvalue weighted by Crippen LogP contribution is -2.12. The number of phenolic OH excluding ortho intramolecular Hbond substituents is 2. The van der Waals surface area contributed by atoms with Gasteiger partial charge in [-0.25, -0.2) is 0 Å². The van der Waals surface area contributed by atoms with Crippen molar-refractivity contribution in [2.75, 3.05) is 11.1 Å². The second kappa shape index (κ2) is 5.07. The number of carbonyl (C=O) groups excluding carboxylic acids is 1. The van der Waals surface area contributed by atoms with Crippen LogP contribution in [0.4, 0.5) is 11.4 Å². The Bertz CT molecular complexity index is 644. The normalized spacial score (nSPS) is 10.2.